The zero-order valence-electron chi connectivity index (χ0n) is 23.1. The number of amides is 1. The molecule has 1 saturated heterocycles. The predicted molar refractivity (Wildman–Crippen MR) is 151 cm³/mol. The molecule has 2 atom stereocenters. The first-order valence-corrected chi connectivity index (χ1v) is 14.1. The van der Waals surface area contributed by atoms with Crippen molar-refractivity contribution in [3.63, 3.8) is 0 Å². The smallest absolute Gasteiger partial charge is 0.306 e. The van der Waals surface area contributed by atoms with E-state index in [9.17, 15) is 9.59 Å². The van der Waals surface area contributed by atoms with Gasteiger partial charge in [0, 0.05) is 41.9 Å². The zero-order valence-corrected chi connectivity index (χ0v) is 23.9. The van der Waals surface area contributed by atoms with E-state index in [1.807, 2.05) is 66.6 Å². The van der Waals surface area contributed by atoms with E-state index in [2.05, 4.69) is 4.57 Å². The number of fused-ring (bicyclic) bond motifs is 3. The van der Waals surface area contributed by atoms with Crippen LogP contribution in [0.2, 0.25) is 5.02 Å². The number of rotatable bonds is 8. The molecule has 8 nitrogen and oxygen atoms in total. The maximum Gasteiger partial charge on any atom is 0.306 e. The molecule has 2 aliphatic rings. The minimum atomic E-state index is -0.563. The summed E-state index contributed by atoms with van der Waals surface area (Å²) in [6.45, 7) is 3.42. The van der Waals surface area contributed by atoms with Crippen LogP contribution in [0.15, 0.2) is 54.7 Å². The van der Waals surface area contributed by atoms with Crippen LogP contribution in [0.4, 0.5) is 0 Å². The summed E-state index contributed by atoms with van der Waals surface area (Å²) in [7, 11) is 3.20. The summed E-state index contributed by atoms with van der Waals surface area (Å²) >= 11 is 6.49. The summed E-state index contributed by atoms with van der Waals surface area (Å²) in [5.41, 5.74) is 3.46. The minimum Gasteiger partial charge on any atom is -0.493 e. The highest BCUT2D eigenvalue weighted by atomic mass is 35.5. The fourth-order valence-electron chi connectivity index (χ4n) is 5.78. The molecule has 3 heterocycles. The van der Waals surface area contributed by atoms with Crippen LogP contribution < -0.4 is 9.47 Å². The van der Waals surface area contributed by atoms with E-state index in [0.717, 1.165) is 35.3 Å². The van der Waals surface area contributed by atoms with Gasteiger partial charge in [0.05, 0.1) is 38.6 Å². The molecular weight excluding hydrogens is 532 g/mol. The molecule has 5 rings (SSSR count). The van der Waals surface area contributed by atoms with Crippen molar-refractivity contribution in [3.8, 4) is 17.2 Å². The first kappa shape index (κ1) is 28.1. The lowest BCUT2D eigenvalue weighted by Crippen LogP contribution is -2.39. The Bertz CT molecular complexity index is 1360. The molecule has 0 N–H and O–H groups in total. The molecule has 2 aliphatic heterocycles. The van der Waals surface area contributed by atoms with Crippen LogP contribution in [0.25, 0.3) is 5.69 Å². The van der Waals surface area contributed by atoms with Gasteiger partial charge in [-0.1, -0.05) is 23.7 Å². The van der Waals surface area contributed by atoms with Gasteiger partial charge in [-0.15, -0.1) is 0 Å². The molecular formula is C31H35ClN2O6. The molecule has 2 aromatic carbocycles. The molecule has 212 valence electrons. The highest BCUT2D eigenvalue weighted by Gasteiger charge is 2.35. The molecule has 3 aromatic rings. The Morgan fingerprint density at radius 2 is 1.80 bits per heavy atom. The first-order valence-electron chi connectivity index (χ1n) is 13.7. The third-order valence-electron chi connectivity index (χ3n) is 7.75. The predicted octanol–water partition coefficient (Wildman–Crippen LogP) is 5.89. The number of hydrogen-bond donors (Lipinski definition) is 0. The number of ether oxygens (including phenoxy) is 4. The summed E-state index contributed by atoms with van der Waals surface area (Å²) < 4.78 is 25.4. The number of carbonyl (C=O) groups is 2. The number of methoxy groups -OCH3 is 2. The van der Waals surface area contributed by atoms with Crippen molar-refractivity contribution in [3.05, 3.63) is 76.6 Å². The molecule has 1 fully saturated rings. The fourth-order valence-corrected chi connectivity index (χ4v) is 5.96. The van der Waals surface area contributed by atoms with Crippen molar-refractivity contribution in [2.24, 2.45) is 5.92 Å². The Labute approximate surface area is 239 Å². The number of esters is 1. The Morgan fingerprint density at radius 1 is 1.00 bits per heavy atom. The van der Waals surface area contributed by atoms with Crippen LogP contribution in [0.1, 0.15) is 61.6 Å². The van der Waals surface area contributed by atoms with Crippen molar-refractivity contribution in [1.29, 1.82) is 0 Å². The number of aromatic nitrogens is 1. The lowest BCUT2D eigenvalue weighted by molar-refractivity contribution is -0.144. The number of hydrogen-bond acceptors (Lipinski definition) is 6. The first-order chi connectivity index (χ1) is 19.4. The van der Waals surface area contributed by atoms with Crippen LogP contribution >= 0.6 is 11.6 Å². The summed E-state index contributed by atoms with van der Waals surface area (Å²) in [6, 6.07) is 15.4. The zero-order chi connectivity index (χ0) is 28.2. The van der Waals surface area contributed by atoms with Gasteiger partial charge in [0.25, 0.3) is 0 Å². The number of para-hydroxylation sites is 1. The van der Waals surface area contributed by atoms with E-state index in [1.54, 1.807) is 14.2 Å². The van der Waals surface area contributed by atoms with Crippen LogP contribution in [-0.2, 0) is 19.1 Å². The maximum absolute atomic E-state index is 13.6. The van der Waals surface area contributed by atoms with E-state index < -0.39 is 12.2 Å². The molecule has 1 aromatic heterocycles. The van der Waals surface area contributed by atoms with Gasteiger partial charge >= 0.3 is 5.97 Å². The third kappa shape index (κ3) is 5.69. The number of halogens is 1. The van der Waals surface area contributed by atoms with Crippen LogP contribution in [0.5, 0.6) is 11.5 Å². The van der Waals surface area contributed by atoms with Crippen LogP contribution in [0.3, 0.4) is 0 Å². The Kier molecular flexibility index (Phi) is 8.66. The maximum atomic E-state index is 13.6. The number of carbonyl (C=O) groups excluding carboxylic acids is 2. The monoisotopic (exact) mass is 566 g/mol. The number of benzene rings is 2. The highest BCUT2D eigenvalue weighted by Crippen LogP contribution is 2.46. The van der Waals surface area contributed by atoms with Gasteiger partial charge in [0.1, 0.15) is 12.2 Å². The Balaban J connectivity index is 1.43. The SMILES string of the molecule is CCOC(=O)CC1CCN(C(=O)C[C@@H]2O[C@@H](c3cccc(OC)c3OC)c3cc(Cl)ccc3-n3cccc32)CC1. The number of nitrogens with zero attached hydrogens (tertiary/aromatic N) is 2. The number of piperidine rings is 1. The summed E-state index contributed by atoms with van der Waals surface area (Å²) in [5, 5.41) is 0.586. The Hall–Kier alpha value is -3.49. The fraction of sp³-hybridized carbons (Fsp3) is 0.419. The minimum absolute atomic E-state index is 0.0210. The molecule has 1 amide bonds. The van der Waals surface area contributed by atoms with E-state index in [-0.39, 0.29) is 24.2 Å². The normalized spacial score (nSPS) is 18.9. The second-order valence-electron chi connectivity index (χ2n) is 10.1. The topological polar surface area (TPSA) is 79.2 Å². The van der Waals surface area contributed by atoms with Crippen LogP contribution in [0, 0.1) is 5.92 Å². The van der Waals surface area contributed by atoms with Gasteiger partial charge in [-0.2, -0.15) is 0 Å². The van der Waals surface area contributed by atoms with Gasteiger partial charge in [0.2, 0.25) is 5.91 Å². The van der Waals surface area contributed by atoms with Crippen molar-refractivity contribution in [1.82, 2.24) is 9.47 Å². The second-order valence-corrected chi connectivity index (χ2v) is 10.6. The van der Waals surface area contributed by atoms with Crippen molar-refractivity contribution >= 4 is 23.5 Å². The van der Waals surface area contributed by atoms with Gasteiger partial charge < -0.3 is 28.4 Å². The molecule has 0 aliphatic carbocycles. The molecule has 9 heteroatoms. The van der Waals surface area contributed by atoms with Gasteiger partial charge in [0.15, 0.2) is 11.5 Å². The largest absolute Gasteiger partial charge is 0.493 e. The van der Waals surface area contributed by atoms with Crippen LogP contribution in [-0.4, -0.2) is 55.3 Å². The van der Waals surface area contributed by atoms with E-state index >= 15 is 0 Å². The van der Waals surface area contributed by atoms with E-state index in [0.29, 0.717) is 42.6 Å². The van der Waals surface area contributed by atoms with E-state index in [4.69, 9.17) is 30.5 Å². The molecule has 0 bridgehead atoms. The van der Waals surface area contributed by atoms with Crippen molar-refractivity contribution in [2.45, 2.75) is 44.8 Å². The van der Waals surface area contributed by atoms with Gasteiger partial charge in [-0.25, -0.2) is 0 Å². The third-order valence-corrected chi connectivity index (χ3v) is 7.98. The molecule has 0 saturated carbocycles. The van der Waals surface area contributed by atoms with Crippen molar-refractivity contribution < 1.29 is 28.5 Å². The van der Waals surface area contributed by atoms with Crippen molar-refractivity contribution in [2.75, 3.05) is 33.9 Å². The Morgan fingerprint density at radius 3 is 2.52 bits per heavy atom. The average molecular weight is 567 g/mol. The lowest BCUT2D eigenvalue weighted by Gasteiger charge is -2.33. The standard InChI is InChI=1S/C31H35ClN2O6/c1-4-39-29(36)17-20-12-15-33(16-13-20)28(35)19-27-25-8-6-14-34(25)24-11-10-21(32)18-23(24)30(40-27)22-7-5-9-26(37-2)31(22)38-3/h5-11,14,18,20,27,30H,4,12-13,15-17,19H2,1-3H3/t27-,30-/m0/s1. The molecule has 40 heavy (non-hydrogen) atoms. The molecule has 0 spiro atoms. The molecule has 0 unspecified atom stereocenters. The summed E-state index contributed by atoms with van der Waals surface area (Å²) in [5.74, 6) is 1.25. The second kappa shape index (κ2) is 12.4. The quantitative estimate of drug-likeness (QED) is 0.316. The van der Waals surface area contributed by atoms with Gasteiger partial charge in [-0.3, -0.25) is 9.59 Å². The van der Waals surface area contributed by atoms with Gasteiger partial charge in [-0.05, 0) is 62.1 Å². The summed E-state index contributed by atoms with van der Waals surface area (Å²) in [4.78, 5) is 27.4. The van der Waals surface area contributed by atoms with E-state index in [1.165, 1.54) is 0 Å². The summed E-state index contributed by atoms with van der Waals surface area (Å²) in [6.07, 6.45) is 3.03. The number of likely N-dealkylation sites (tertiary alicyclic amines) is 1. The highest BCUT2D eigenvalue weighted by molar-refractivity contribution is 6.30. The molecule has 0 radical (unpaired) electrons. The lowest BCUT2D eigenvalue weighted by atomic mass is 9.93. The average Bonchev–Trinajstić information content (AvgIpc) is 3.40.